The first-order valence-electron chi connectivity index (χ1n) is 14.7. The van der Waals surface area contributed by atoms with Crippen LogP contribution in [0.1, 0.15) is 78.2 Å². The molecule has 0 radical (unpaired) electrons. The molecule has 1 amide bonds. The zero-order chi connectivity index (χ0) is 33.2. The van der Waals surface area contributed by atoms with Crippen LogP contribution in [0.5, 0.6) is 0 Å². The van der Waals surface area contributed by atoms with Crippen molar-refractivity contribution in [2.24, 2.45) is 0 Å². The normalized spacial score (nSPS) is 17.7. The Balaban J connectivity index is 1.47. The molecule has 1 saturated carbocycles. The van der Waals surface area contributed by atoms with Crippen LogP contribution in [0.3, 0.4) is 0 Å². The molecule has 2 heterocycles. The fraction of sp³-hybridized carbons (Fsp3) is 0.533. The van der Waals surface area contributed by atoms with Crippen LogP contribution in [0, 0.1) is 5.82 Å². The molecule has 0 saturated heterocycles. The van der Waals surface area contributed by atoms with Crippen molar-refractivity contribution >= 4 is 38.8 Å². The number of ether oxygens (including phenoxy) is 1. The largest absolute Gasteiger partial charge is 0.444 e. The first-order valence-corrected chi connectivity index (χ1v) is 16.3. The Bertz CT molecular complexity index is 1640. The van der Waals surface area contributed by atoms with Gasteiger partial charge in [-0.25, -0.2) is 32.6 Å². The third-order valence-corrected chi connectivity index (χ3v) is 8.44. The lowest BCUT2D eigenvalue weighted by Crippen LogP contribution is -2.42. The number of carbonyl (C=O) groups excluding carboxylic acids is 1. The van der Waals surface area contributed by atoms with Crippen LogP contribution in [-0.4, -0.2) is 59.1 Å². The zero-order valence-corrected chi connectivity index (χ0v) is 26.6. The summed E-state index contributed by atoms with van der Waals surface area (Å²) in [4.78, 5) is 25.9. The minimum absolute atomic E-state index is 0.0101. The average molecular weight is 655 g/mol. The number of hydrogen-bond donors (Lipinski definition) is 3. The Morgan fingerprint density at radius 3 is 2.31 bits per heavy atom. The Kier molecular flexibility index (Phi) is 10.1. The van der Waals surface area contributed by atoms with E-state index in [1.807, 2.05) is 39.3 Å². The lowest BCUT2D eigenvalue weighted by atomic mass is 9.91. The van der Waals surface area contributed by atoms with Gasteiger partial charge >= 0.3 is 12.3 Å². The predicted octanol–water partition coefficient (Wildman–Crippen LogP) is 6.90. The summed E-state index contributed by atoms with van der Waals surface area (Å²) in [7, 11) is -4.41. The second kappa shape index (κ2) is 13.3. The zero-order valence-electron chi connectivity index (χ0n) is 25.8. The van der Waals surface area contributed by atoms with Gasteiger partial charge in [0, 0.05) is 17.6 Å². The summed E-state index contributed by atoms with van der Waals surface area (Å²) in [5.41, 5.74) is 1.66. The van der Waals surface area contributed by atoms with Crippen molar-refractivity contribution in [1.29, 1.82) is 0 Å². The van der Waals surface area contributed by atoms with Crippen LogP contribution < -0.4 is 15.4 Å². The van der Waals surface area contributed by atoms with Crippen molar-refractivity contribution in [2.45, 2.75) is 96.5 Å². The molecule has 0 aliphatic heterocycles. The smallest absolute Gasteiger partial charge is 0.407 e. The maximum absolute atomic E-state index is 14.9. The highest BCUT2D eigenvalue weighted by Gasteiger charge is 2.30. The molecule has 2 aromatic heterocycles. The number of pyridine rings is 1. The van der Waals surface area contributed by atoms with E-state index >= 15 is 0 Å². The van der Waals surface area contributed by atoms with Crippen LogP contribution in [-0.2, 0) is 14.8 Å². The van der Waals surface area contributed by atoms with E-state index in [1.54, 1.807) is 12.3 Å². The number of benzene rings is 1. The van der Waals surface area contributed by atoms with E-state index in [0.29, 0.717) is 28.2 Å². The molecule has 15 heteroatoms. The van der Waals surface area contributed by atoms with E-state index in [0.717, 1.165) is 43.4 Å². The monoisotopic (exact) mass is 654 g/mol. The van der Waals surface area contributed by atoms with Crippen molar-refractivity contribution in [1.82, 2.24) is 20.3 Å². The second-order valence-corrected chi connectivity index (χ2v) is 14.3. The predicted molar refractivity (Wildman–Crippen MR) is 164 cm³/mol. The lowest BCUT2D eigenvalue weighted by Gasteiger charge is -2.30. The number of nitrogens with zero attached hydrogens (tertiary/aromatic N) is 3. The third-order valence-electron chi connectivity index (χ3n) is 7.16. The number of hydrogen-bond acceptors (Lipinski definition) is 8. The van der Waals surface area contributed by atoms with Crippen molar-refractivity contribution < 1.29 is 35.5 Å². The molecule has 1 fully saturated rings. The molecule has 4 rings (SSSR count). The van der Waals surface area contributed by atoms with Gasteiger partial charge < -0.3 is 15.4 Å². The maximum atomic E-state index is 14.9. The van der Waals surface area contributed by atoms with Gasteiger partial charge in [0.25, 0.3) is 0 Å². The number of sulfonamides is 1. The molecule has 1 aromatic carbocycles. The molecule has 0 atom stereocenters. The highest BCUT2D eigenvalue weighted by atomic mass is 32.2. The molecule has 1 aliphatic rings. The molecule has 10 nitrogen and oxygen atoms in total. The van der Waals surface area contributed by atoms with Gasteiger partial charge in [0.2, 0.25) is 16.0 Å². The molecule has 45 heavy (non-hydrogen) atoms. The number of fused-ring (bicyclic) bond motifs is 1. The van der Waals surface area contributed by atoms with Gasteiger partial charge in [0.05, 0.1) is 35.3 Å². The van der Waals surface area contributed by atoms with E-state index in [2.05, 4.69) is 20.6 Å². The summed E-state index contributed by atoms with van der Waals surface area (Å²) in [5.74, 6) is -1.72. The number of carbonyl (C=O) groups is 1. The highest BCUT2D eigenvalue weighted by Crippen LogP contribution is 2.31. The van der Waals surface area contributed by atoms with Gasteiger partial charge in [0.15, 0.2) is 0 Å². The van der Waals surface area contributed by atoms with Crippen molar-refractivity contribution in [3.05, 3.63) is 41.8 Å². The van der Waals surface area contributed by atoms with Crippen molar-refractivity contribution in [2.75, 3.05) is 15.8 Å². The molecule has 0 spiro atoms. The molecule has 0 unspecified atom stereocenters. The number of rotatable bonds is 9. The molecule has 3 N–H and O–H groups in total. The number of amides is 1. The van der Waals surface area contributed by atoms with E-state index in [9.17, 15) is 30.8 Å². The first kappa shape index (κ1) is 34.1. The number of anilines is 2. The lowest BCUT2D eigenvalue weighted by molar-refractivity contribution is -0.129. The Labute approximate surface area is 259 Å². The van der Waals surface area contributed by atoms with E-state index in [4.69, 9.17) is 9.72 Å². The topological polar surface area (TPSA) is 135 Å². The standard InChI is InChI=1S/C30H38F4N6O4S/c1-17(2)21-15-24(18-6-11-23(22(31)14-18)40-45(42,43)13-12-30(32,33)34)38-25-16-35-27(39-26(21)25)36-19-7-9-20(10-8-19)37-28(41)44-29(3,4)5/h6,11,14-17,19-20,40H,7-10,12-13H2,1-5H3,(H,37,41)(H,35,36,39). The Hall–Kier alpha value is -3.75. The molecule has 3 aromatic rings. The van der Waals surface area contributed by atoms with Crippen LogP contribution in [0.25, 0.3) is 22.3 Å². The Morgan fingerprint density at radius 1 is 1.04 bits per heavy atom. The van der Waals surface area contributed by atoms with Gasteiger partial charge in [-0.05, 0) is 76.1 Å². The van der Waals surface area contributed by atoms with Gasteiger partial charge in [-0.1, -0.05) is 19.9 Å². The van der Waals surface area contributed by atoms with Gasteiger partial charge in [-0.2, -0.15) is 13.2 Å². The van der Waals surface area contributed by atoms with Gasteiger partial charge in [0.1, 0.15) is 16.9 Å². The number of halogens is 4. The molecule has 1 aliphatic carbocycles. The van der Waals surface area contributed by atoms with Crippen LogP contribution >= 0.6 is 0 Å². The Morgan fingerprint density at radius 2 is 1.71 bits per heavy atom. The second-order valence-electron chi connectivity index (χ2n) is 12.5. The van der Waals surface area contributed by atoms with Crippen LogP contribution in [0.15, 0.2) is 30.5 Å². The fourth-order valence-electron chi connectivity index (χ4n) is 4.97. The van der Waals surface area contributed by atoms with E-state index in [-0.39, 0.29) is 18.0 Å². The SMILES string of the molecule is CC(C)c1cc(-c2ccc(NS(=O)(=O)CCC(F)(F)F)c(F)c2)nc2cnc(NC3CCC(NC(=O)OC(C)(C)C)CC3)nc12. The molecular formula is C30H38F4N6O4S. The molecule has 0 bridgehead atoms. The summed E-state index contributed by atoms with van der Waals surface area (Å²) in [6.07, 6.45) is -1.90. The minimum Gasteiger partial charge on any atom is -0.444 e. The van der Waals surface area contributed by atoms with Crippen LogP contribution in [0.2, 0.25) is 0 Å². The number of alkyl carbamates (subject to hydrolysis) is 1. The fourth-order valence-corrected chi connectivity index (χ4v) is 6.07. The van der Waals surface area contributed by atoms with Gasteiger partial charge in [-0.3, -0.25) is 4.72 Å². The first-order chi connectivity index (χ1) is 20.9. The maximum Gasteiger partial charge on any atom is 0.407 e. The summed E-state index contributed by atoms with van der Waals surface area (Å²) in [6.45, 7) is 9.42. The molecular weight excluding hydrogens is 616 g/mol. The molecule has 246 valence electrons. The minimum atomic E-state index is -4.66. The van der Waals surface area contributed by atoms with E-state index < -0.39 is 51.6 Å². The summed E-state index contributed by atoms with van der Waals surface area (Å²) >= 11 is 0. The number of nitrogens with one attached hydrogen (secondary N) is 3. The quantitative estimate of drug-likeness (QED) is 0.212. The highest BCUT2D eigenvalue weighted by molar-refractivity contribution is 7.92. The summed E-state index contributed by atoms with van der Waals surface area (Å²) in [6, 6.07) is 5.58. The average Bonchev–Trinajstić information content (AvgIpc) is 2.92. The van der Waals surface area contributed by atoms with Crippen LogP contribution in [0.4, 0.5) is 34.0 Å². The number of alkyl halides is 3. The van der Waals surface area contributed by atoms with Crippen molar-refractivity contribution in [3.8, 4) is 11.3 Å². The van der Waals surface area contributed by atoms with Gasteiger partial charge in [-0.15, -0.1) is 0 Å². The third kappa shape index (κ3) is 9.87. The van der Waals surface area contributed by atoms with E-state index in [1.165, 1.54) is 6.07 Å². The number of aromatic nitrogens is 3. The summed E-state index contributed by atoms with van der Waals surface area (Å²) < 4.78 is 83.6. The summed E-state index contributed by atoms with van der Waals surface area (Å²) in [5, 5.41) is 6.31. The van der Waals surface area contributed by atoms with Crippen molar-refractivity contribution in [3.63, 3.8) is 0 Å².